The van der Waals surface area contributed by atoms with Crippen molar-refractivity contribution in [3.8, 4) is 22.9 Å². The van der Waals surface area contributed by atoms with Gasteiger partial charge in [0.25, 0.3) is 11.6 Å². The van der Waals surface area contributed by atoms with Crippen LogP contribution in [0.5, 0.6) is 0 Å². The number of amides is 1. The molecule has 0 bridgehead atoms. The van der Waals surface area contributed by atoms with Crippen LogP contribution in [0.25, 0.3) is 22.9 Å². The van der Waals surface area contributed by atoms with Crippen LogP contribution in [0.3, 0.4) is 0 Å². The zero-order chi connectivity index (χ0) is 22.0. The fourth-order valence-corrected chi connectivity index (χ4v) is 3.08. The van der Waals surface area contributed by atoms with Gasteiger partial charge in [0.2, 0.25) is 11.8 Å². The lowest BCUT2D eigenvalue weighted by molar-refractivity contribution is -0.384. The molecule has 0 saturated carbocycles. The molecule has 0 aliphatic heterocycles. The Balaban J connectivity index is 1.53. The zero-order valence-electron chi connectivity index (χ0n) is 16.8. The highest BCUT2D eigenvalue weighted by atomic mass is 16.6. The Morgan fingerprint density at radius 2 is 1.65 bits per heavy atom. The van der Waals surface area contributed by atoms with Crippen molar-refractivity contribution in [3.63, 3.8) is 0 Å². The van der Waals surface area contributed by atoms with Crippen molar-refractivity contribution in [3.05, 3.63) is 93.5 Å². The molecule has 0 fully saturated rings. The Bertz CT molecular complexity index is 1280. The molecule has 8 nitrogen and oxygen atoms in total. The summed E-state index contributed by atoms with van der Waals surface area (Å²) in [4.78, 5) is 23.1. The lowest BCUT2D eigenvalue weighted by atomic mass is 10.1. The minimum atomic E-state index is -0.501. The number of hydrogen-bond donors (Lipinski definition) is 1. The largest absolute Gasteiger partial charge is 0.416 e. The minimum Gasteiger partial charge on any atom is -0.416 e. The zero-order valence-corrected chi connectivity index (χ0v) is 16.8. The number of aromatic nitrogens is 2. The van der Waals surface area contributed by atoms with Crippen LogP contribution < -0.4 is 5.32 Å². The van der Waals surface area contributed by atoms with Gasteiger partial charge in [0.15, 0.2) is 0 Å². The molecule has 0 unspecified atom stereocenters. The van der Waals surface area contributed by atoms with Crippen LogP contribution in [0.15, 0.2) is 71.1 Å². The van der Waals surface area contributed by atoms with Gasteiger partial charge >= 0.3 is 0 Å². The second kappa shape index (κ2) is 8.19. The molecule has 3 aromatic carbocycles. The molecule has 8 heteroatoms. The quantitative estimate of drug-likeness (QED) is 0.356. The van der Waals surface area contributed by atoms with Crippen molar-refractivity contribution in [2.45, 2.75) is 13.8 Å². The van der Waals surface area contributed by atoms with Gasteiger partial charge in [0.05, 0.1) is 10.6 Å². The van der Waals surface area contributed by atoms with Crippen LogP contribution in [0.2, 0.25) is 0 Å². The number of non-ortho nitro benzene ring substituents is 1. The number of carbonyl (C=O) groups is 1. The SMILES string of the molecule is Cc1ccc([N+](=O)[O-])cc1NC(=O)c1ccc(-c2nnc(-c3ccccc3C)o2)cc1. The maximum Gasteiger partial charge on any atom is 0.271 e. The Hall–Kier alpha value is -4.33. The molecule has 31 heavy (non-hydrogen) atoms. The third-order valence-corrected chi connectivity index (χ3v) is 4.87. The number of nitro groups is 1. The van der Waals surface area contributed by atoms with E-state index in [0.717, 1.165) is 16.7 Å². The molecule has 0 saturated heterocycles. The van der Waals surface area contributed by atoms with E-state index < -0.39 is 4.92 Å². The van der Waals surface area contributed by atoms with Crippen molar-refractivity contribution in [1.29, 1.82) is 0 Å². The average molecular weight is 414 g/mol. The monoisotopic (exact) mass is 414 g/mol. The highest BCUT2D eigenvalue weighted by Crippen LogP contribution is 2.27. The van der Waals surface area contributed by atoms with Crippen LogP contribution >= 0.6 is 0 Å². The third-order valence-electron chi connectivity index (χ3n) is 4.87. The first-order chi connectivity index (χ1) is 14.9. The molecule has 1 aromatic heterocycles. The van der Waals surface area contributed by atoms with Crippen LogP contribution in [0.4, 0.5) is 11.4 Å². The number of anilines is 1. The van der Waals surface area contributed by atoms with Crippen molar-refractivity contribution in [2.24, 2.45) is 0 Å². The molecular formula is C23H18N4O4. The summed E-state index contributed by atoms with van der Waals surface area (Å²) in [5, 5.41) is 21.9. The smallest absolute Gasteiger partial charge is 0.271 e. The number of nitrogens with one attached hydrogen (secondary N) is 1. The van der Waals surface area contributed by atoms with Crippen molar-refractivity contribution in [2.75, 3.05) is 5.32 Å². The van der Waals surface area contributed by atoms with E-state index in [0.29, 0.717) is 28.6 Å². The summed E-state index contributed by atoms with van der Waals surface area (Å²) in [5.74, 6) is 0.400. The fraction of sp³-hybridized carbons (Fsp3) is 0.0870. The van der Waals surface area contributed by atoms with Gasteiger partial charge in [-0.25, -0.2) is 0 Å². The number of nitro benzene ring substituents is 1. The summed E-state index contributed by atoms with van der Waals surface area (Å²) < 4.78 is 5.80. The lowest BCUT2D eigenvalue weighted by Crippen LogP contribution is -2.12. The van der Waals surface area contributed by atoms with E-state index in [4.69, 9.17) is 4.42 Å². The molecule has 1 heterocycles. The van der Waals surface area contributed by atoms with Gasteiger partial charge in [0.1, 0.15) is 0 Å². The third kappa shape index (κ3) is 4.18. The number of hydrogen-bond acceptors (Lipinski definition) is 6. The summed E-state index contributed by atoms with van der Waals surface area (Å²) in [6, 6.07) is 18.8. The first kappa shape index (κ1) is 20.0. The van der Waals surface area contributed by atoms with Gasteiger partial charge in [-0.3, -0.25) is 14.9 Å². The second-order valence-electron chi connectivity index (χ2n) is 7.02. The van der Waals surface area contributed by atoms with E-state index in [2.05, 4.69) is 15.5 Å². The Labute approximate surface area is 177 Å². The molecule has 0 radical (unpaired) electrons. The first-order valence-corrected chi connectivity index (χ1v) is 9.49. The lowest BCUT2D eigenvalue weighted by Gasteiger charge is -2.08. The summed E-state index contributed by atoms with van der Waals surface area (Å²) in [5.41, 5.74) is 4.00. The number of rotatable bonds is 5. The van der Waals surface area contributed by atoms with E-state index in [-0.39, 0.29) is 11.6 Å². The number of nitrogens with zero attached hydrogens (tertiary/aromatic N) is 3. The van der Waals surface area contributed by atoms with Crippen LogP contribution in [0, 0.1) is 24.0 Å². The van der Waals surface area contributed by atoms with Gasteiger partial charge in [-0.2, -0.15) is 0 Å². The maximum atomic E-state index is 12.6. The van der Waals surface area contributed by atoms with E-state index in [1.54, 1.807) is 37.3 Å². The molecule has 154 valence electrons. The molecule has 1 N–H and O–H groups in total. The highest BCUT2D eigenvalue weighted by molar-refractivity contribution is 6.05. The van der Waals surface area contributed by atoms with Crippen LogP contribution in [-0.4, -0.2) is 21.0 Å². The Morgan fingerprint density at radius 1 is 0.935 bits per heavy atom. The van der Waals surface area contributed by atoms with Crippen molar-refractivity contribution in [1.82, 2.24) is 10.2 Å². The molecule has 0 spiro atoms. The van der Waals surface area contributed by atoms with Crippen LogP contribution in [0.1, 0.15) is 21.5 Å². The number of carbonyl (C=O) groups excluding carboxylic acids is 1. The van der Waals surface area contributed by atoms with E-state index in [9.17, 15) is 14.9 Å². The molecule has 4 rings (SSSR count). The fourth-order valence-electron chi connectivity index (χ4n) is 3.08. The standard InChI is InChI=1S/C23H18N4O4/c1-14-5-3-4-6-19(14)23-26-25-22(31-23)17-10-8-16(9-11-17)21(28)24-20-13-18(27(29)30)12-7-15(20)2/h3-13H,1-2H3,(H,24,28). The summed E-state index contributed by atoms with van der Waals surface area (Å²) in [6.45, 7) is 3.74. The minimum absolute atomic E-state index is 0.0860. The van der Waals surface area contributed by atoms with Gasteiger partial charge in [-0.1, -0.05) is 24.3 Å². The predicted molar refractivity (Wildman–Crippen MR) is 116 cm³/mol. The van der Waals surface area contributed by atoms with E-state index >= 15 is 0 Å². The topological polar surface area (TPSA) is 111 Å². The van der Waals surface area contributed by atoms with E-state index in [1.807, 2.05) is 31.2 Å². The Morgan fingerprint density at radius 3 is 2.35 bits per heavy atom. The molecule has 0 aliphatic carbocycles. The number of aryl methyl sites for hydroxylation is 2. The normalized spacial score (nSPS) is 10.6. The van der Waals surface area contributed by atoms with Gasteiger partial charge in [-0.05, 0) is 55.3 Å². The number of benzene rings is 3. The predicted octanol–water partition coefficient (Wildman–Crippen LogP) is 5.18. The van der Waals surface area contributed by atoms with Gasteiger partial charge in [-0.15, -0.1) is 10.2 Å². The molecule has 0 atom stereocenters. The summed E-state index contributed by atoms with van der Waals surface area (Å²) >= 11 is 0. The molecule has 1 amide bonds. The van der Waals surface area contributed by atoms with E-state index in [1.165, 1.54) is 12.1 Å². The molecule has 0 aliphatic rings. The maximum absolute atomic E-state index is 12.6. The summed E-state index contributed by atoms with van der Waals surface area (Å²) in [7, 11) is 0. The second-order valence-corrected chi connectivity index (χ2v) is 7.02. The average Bonchev–Trinajstić information content (AvgIpc) is 3.25. The van der Waals surface area contributed by atoms with Gasteiger partial charge < -0.3 is 9.73 Å². The van der Waals surface area contributed by atoms with Gasteiger partial charge in [0, 0.05) is 28.8 Å². The summed E-state index contributed by atoms with van der Waals surface area (Å²) in [6.07, 6.45) is 0. The van der Waals surface area contributed by atoms with Crippen molar-refractivity contribution >= 4 is 17.3 Å². The first-order valence-electron chi connectivity index (χ1n) is 9.49. The highest BCUT2D eigenvalue weighted by Gasteiger charge is 2.15. The van der Waals surface area contributed by atoms with Crippen LogP contribution in [-0.2, 0) is 0 Å². The Kier molecular flexibility index (Phi) is 5.28. The van der Waals surface area contributed by atoms with Crippen molar-refractivity contribution < 1.29 is 14.1 Å². The molecule has 4 aromatic rings. The molecular weight excluding hydrogens is 396 g/mol.